The fourth-order valence-electron chi connectivity index (χ4n) is 3.54. The molecule has 1 fully saturated rings. The largest absolute Gasteiger partial charge is 0.391 e. The number of likely N-dealkylation sites (N-methyl/N-ethyl adjacent to an activating group) is 1. The Bertz CT molecular complexity index is 858. The molecule has 1 aromatic heterocycles. The van der Waals surface area contributed by atoms with Crippen molar-refractivity contribution < 1.29 is 4.84 Å². The van der Waals surface area contributed by atoms with Gasteiger partial charge in [0.05, 0.1) is 27.7 Å². The number of hydrogen-bond acceptors (Lipinski definition) is 5. The fraction of sp³-hybridized carbons (Fsp3) is 0.333. The Morgan fingerprint density at radius 2 is 2.15 bits per heavy atom. The normalized spacial score (nSPS) is 20.7. The molecule has 1 aliphatic rings. The Hall–Kier alpha value is -2.78. The number of hydrogen-bond donors (Lipinski definition) is 1. The molecule has 0 aliphatic heterocycles. The van der Waals surface area contributed by atoms with E-state index in [2.05, 4.69) is 27.6 Å². The zero-order valence-electron chi connectivity index (χ0n) is 15.3. The fourth-order valence-corrected chi connectivity index (χ4v) is 3.88. The lowest BCUT2D eigenvalue weighted by molar-refractivity contribution is 0.127. The van der Waals surface area contributed by atoms with Crippen molar-refractivity contribution in [2.75, 3.05) is 7.05 Å². The molecule has 1 aliphatic carbocycles. The van der Waals surface area contributed by atoms with E-state index in [1.807, 2.05) is 31.4 Å². The summed E-state index contributed by atoms with van der Waals surface area (Å²) in [6.07, 6.45) is 7.49. The highest BCUT2D eigenvalue weighted by Gasteiger charge is 2.44. The average Bonchev–Trinajstić information content (AvgIpc) is 2.74. The second kappa shape index (κ2) is 8.74. The third-order valence-electron chi connectivity index (χ3n) is 4.97. The highest BCUT2D eigenvalue weighted by atomic mass is 32.1. The molecule has 1 heterocycles. The third-order valence-corrected chi connectivity index (χ3v) is 5.52. The van der Waals surface area contributed by atoms with E-state index >= 15 is 0 Å². The highest BCUT2D eigenvalue weighted by Crippen LogP contribution is 2.38. The minimum absolute atomic E-state index is 0.352. The van der Waals surface area contributed by atoms with Crippen LogP contribution >= 0.6 is 12.2 Å². The van der Waals surface area contributed by atoms with Gasteiger partial charge in [0.1, 0.15) is 6.61 Å². The van der Waals surface area contributed by atoms with Gasteiger partial charge in [-0.05, 0) is 48.6 Å². The van der Waals surface area contributed by atoms with Gasteiger partial charge in [-0.3, -0.25) is 4.98 Å². The topological polar surface area (TPSA) is 70.3 Å². The van der Waals surface area contributed by atoms with Crippen molar-refractivity contribution in [1.29, 1.82) is 5.26 Å². The number of nitrogens with one attached hydrogen (secondary N) is 1. The average molecular weight is 379 g/mol. The first-order valence-corrected chi connectivity index (χ1v) is 9.42. The molecule has 1 N–H and O–H groups in total. The van der Waals surface area contributed by atoms with Gasteiger partial charge >= 0.3 is 0 Å². The van der Waals surface area contributed by atoms with Gasteiger partial charge in [0.15, 0.2) is 0 Å². The van der Waals surface area contributed by atoms with Gasteiger partial charge in [0.25, 0.3) is 0 Å². The first kappa shape index (κ1) is 19.0. The molecule has 138 valence electrons. The molecule has 0 radical (unpaired) electrons. The highest BCUT2D eigenvalue weighted by molar-refractivity contribution is 7.80. The quantitative estimate of drug-likeness (QED) is 0.631. The predicted octanol–water partition coefficient (Wildman–Crippen LogP) is 3.88. The number of thiocarbonyl (C=S) groups is 1. The van der Waals surface area contributed by atoms with Gasteiger partial charge < -0.3 is 10.2 Å². The Labute approximate surface area is 165 Å². The van der Waals surface area contributed by atoms with Crippen LogP contribution in [0.4, 0.5) is 0 Å². The number of nitrogens with zero attached hydrogens (tertiary/aromatic N) is 3. The van der Waals surface area contributed by atoms with E-state index in [0.717, 1.165) is 47.5 Å². The minimum Gasteiger partial charge on any atom is -0.391 e. The minimum atomic E-state index is -0.471. The lowest BCUT2D eigenvalue weighted by Gasteiger charge is -2.38. The summed E-state index contributed by atoms with van der Waals surface area (Å²) >= 11 is 5.71. The van der Waals surface area contributed by atoms with Crippen LogP contribution in [-0.2, 0) is 16.9 Å². The molecule has 1 saturated carbocycles. The van der Waals surface area contributed by atoms with Gasteiger partial charge in [0.2, 0.25) is 0 Å². The van der Waals surface area contributed by atoms with Crippen LogP contribution in [0.2, 0.25) is 0 Å². The molecule has 0 saturated heterocycles. The number of aromatic nitrogens is 1. The zero-order chi connectivity index (χ0) is 19.1. The van der Waals surface area contributed by atoms with Crippen molar-refractivity contribution in [1.82, 2.24) is 10.3 Å². The first-order chi connectivity index (χ1) is 13.2. The van der Waals surface area contributed by atoms with Gasteiger partial charge in [-0.15, -0.1) is 0 Å². The molecular formula is C21H22N4OS. The second-order valence-corrected chi connectivity index (χ2v) is 6.96. The molecule has 3 rings (SSSR count). The lowest BCUT2D eigenvalue weighted by Crippen LogP contribution is -2.50. The summed E-state index contributed by atoms with van der Waals surface area (Å²) in [7, 11) is 1.85. The van der Waals surface area contributed by atoms with Crippen LogP contribution in [0.3, 0.4) is 0 Å². The molecule has 1 unspecified atom stereocenters. The smallest absolute Gasteiger partial charge is 0.142 e. The Kier molecular flexibility index (Phi) is 6.15. The predicted molar refractivity (Wildman–Crippen MR) is 109 cm³/mol. The first-order valence-electron chi connectivity index (χ1n) is 9.02. The Balaban J connectivity index is 1.86. The van der Waals surface area contributed by atoms with Crippen LogP contribution in [0, 0.1) is 11.3 Å². The maximum Gasteiger partial charge on any atom is 0.142 e. The van der Waals surface area contributed by atoms with Crippen molar-refractivity contribution in [3.63, 3.8) is 0 Å². The molecule has 2 aromatic rings. The Morgan fingerprint density at radius 1 is 1.33 bits per heavy atom. The summed E-state index contributed by atoms with van der Waals surface area (Å²) in [4.78, 5) is 10.7. The van der Waals surface area contributed by atoms with Crippen LogP contribution in [0.15, 0.2) is 53.9 Å². The zero-order valence-corrected chi connectivity index (χ0v) is 16.1. The van der Waals surface area contributed by atoms with E-state index in [-0.39, 0.29) is 0 Å². The third kappa shape index (κ3) is 3.99. The molecule has 0 bridgehead atoms. The van der Waals surface area contributed by atoms with Crippen molar-refractivity contribution in [2.45, 2.75) is 37.7 Å². The van der Waals surface area contributed by atoms with Crippen molar-refractivity contribution in [2.24, 2.45) is 5.16 Å². The van der Waals surface area contributed by atoms with E-state index in [1.165, 1.54) is 0 Å². The summed E-state index contributed by atoms with van der Waals surface area (Å²) in [6.45, 7) is 0.352. The monoisotopic (exact) mass is 378 g/mol. The van der Waals surface area contributed by atoms with Gasteiger partial charge in [0, 0.05) is 19.4 Å². The number of pyridine rings is 1. The van der Waals surface area contributed by atoms with Crippen LogP contribution < -0.4 is 5.32 Å². The van der Waals surface area contributed by atoms with Crippen molar-refractivity contribution >= 4 is 22.9 Å². The van der Waals surface area contributed by atoms with E-state index in [1.54, 1.807) is 18.3 Å². The summed E-state index contributed by atoms with van der Waals surface area (Å²) in [5.74, 6) is 0. The van der Waals surface area contributed by atoms with Crippen molar-refractivity contribution in [3.8, 4) is 6.07 Å². The summed E-state index contributed by atoms with van der Waals surface area (Å²) in [5, 5.41) is 16.6. The molecule has 0 amide bonds. The van der Waals surface area contributed by atoms with Crippen LogP contribution in [-0.4, -0.2) is 22.7 Å². The number of nitriles is 1. The number of oxime groups is 1. The molecule has 27 heavy (non-hydrogen) atoms. The Morgan fingerprint density at radius 3 is 2.81 bits per heavy atom. The molecule has 5 nitrogen and oxygen atoms in total. The van der Waals surface area contributed by atoms with E-state index in [4.69, 9.17) is 22.3 Å². The molecule has 6 heteroatoms. The molecular weight excluding hydrogens is 356 g/mol. The molecule has 1 atom stereocenters. The lowest BCUT2D eigenvalue weighted by atomic mass is 9.68. The standard InChI is InChI=1S/C21H22N4OS/c1-23-20(27)21(18-5-4-12-24-14-18)11-3-2-6-19(21)25-26-15-17-9-7-16(13-22)8-10-17/h4-5,7-10,12,14H,2-3,6,11,15H2,1H3,(H,23,27)/b25-19-. The van der Waals surface area contributed by atoms with Crippen LogP contribution in [0.1, 0.15) is 42.4 Å². The summed E-state index contributed by atoms with van der Waals surface area (Å²) in [5.41, 5.74) is 3.12. The molecule has 0 spiro atoms. The number of benzene rings is 1. The maximum atomic E-state index is 8.89. The van der Waals surface area contributed by atoms with E-state index in [9.17, 15) is 0 Å². The second-order valence-electron chi connectivity index (χ2n) is 6.55. The number of rotatable bonds is 5. The van der Waals surface area contributed by atoms with Gasteiger partial charge in [-0.25, -0.2) is 0 Å². The van der Waals surface area contributed by atoms with Crippen LogP contribution in [0.25, 0.3) is 0 Å². The van der Waals surface area contributed by atoms with E-state index < -0.39 is 5.41 Å². The SMILES string of the molecule is CNC(=S)C1(c2cccnc2)CCCC/C1=N/OCc1ccc(C#N)cc1. The van der Waals surface area contributed by atoms with Crippen LogP contribution in [0.5, 0.6) is 0 Å². The molecule has 1 aromatic carbocycles. The van der Waals surface area contributed by atoms with Crippen molar-refractivity contribution in [3.05, 3.63) is 65.5 Å². The van der Waals surface area contributed by atoms with Gasteiger partial charge in [-0.2, -0.15) is 5.26 Å². The summed E-state index contributed by atoms with van der Waals surface area (Å²) < 4.78 is 0. The van der Waals surface area contributed by atoms with Gasteiger partial charge in [-0.1, -0.05) is 42.0 Å². The maximum absolute atomic E-state index is 8.89. The van der Waals surface area contributed by atoms with E-state index in [0.29, 0.717) is 12.2 Å². The summed E-state index contributed by atoms with van der Waals surface area (Å²) in [6, 6.07) is 13.4.